The molecule has 1 aromatic carbocycles. The number of nitrogens with one attached hydrogen (secondary N) is 1. The fourth-order valence-corrected chi connectivity index (χ4v) is 4.28. The molecule has 1 aliphatic rings. The molecule has 1 aliphatic carbocycles. The molecule has 1 N–H and O–H groups in total. The molecular weight excluding hydrogens is 394 g/mol. The number of aromatic nitrogens is 6. The summed E-state index contributed by atoms with van der Waals surface area (Å²) in [6, 6.07) is 9.43. The smallest absolute Gasteiger partial charge is 0.327 e. The van der Waals surface area contributed by atoms with Crippen molar-refractivity contribution < 1.29 is 4.52 Å². The minimum absolute atomic E-state index is 0.139. The summed E-state index contributed by atoms with van der Waals surface area (Å²) in [6.45, 7) is 3.16. The van der Waals surface area contributed by atoms with E-state index < -0.39 is 5.76 Å². The molecule has 0 bridgehead atoms. The van der Waals surface area contributed by atoms with Crippen LogP contribution in [0.5, 0.6) is 0 Å². The summed E-state index contributed by atoms with van der Waals surface area (Å²) in [6.07, 6.45) is 6.67. The van der Waals surface area contributed by atoms with Gasteiger partial charge in [-0.15, -0.1) is 0 Å². The van der Waals surface area contributed by atoms with Gasteiger partial charge in [0.15, 0.2) is 5.65 Å². The number of imidazole rings is 1. The Labute approximate surface area is 177 Å². The molecule has 4 aromatic rings. The van der Waals surface area contributed by atoms with Crippen molar-refractivity contribution in [3.63, 3.8) is 0 Å². The topological polar surface area (TPSA) is 126 Å². The second-order valence-corrected chi connectivity index (χ2v) is 8.23. The summed E-state index contributed by atoms with van der Waals surface area (Å²) >= 11 is 0. The zero-order valence-electron chi connectivity index (χ0n) is 17.1. The minimum atomic E-state index is -0.677. The average Bonchev–Trinajstić information content (AvgIpc) is 3.41. The van der Waals surface area contributed by atoms with Crippen molar-refractivity contribution >= 4 is 11.2 Å². The van der Waals surface area contributed by atoms with Gasteiger partial charge in [-0.2, -0.15) is 5.26 Å². The molecule has 0 saturated heterocycles. The van der Waals surface area contributed by atoms with E-state index in [1.807, 2.05) is 12.1 Å². The van der Waals surface area contributed by atoms with Crippen LogP contribution in [0.4, 0.5) is 0 Å². The molecule has 0 atom stereocenters. The molecule has 0 amide bonds. The Morgan fingerprint density at radius 2 is 2.10 bits per heavy atom. The number of aromatic amines is 1. The Balaban J connectivity index is 1.65. The quantitative estimate of drug-likeness (QED) is 0.540. The first-order valence-corrected chi connectivity index (χ1v) is 10.4. The van der Waals surface area contributed by atoms with Crippen LogP contribution in [0, 0.1) is 23.2 Å². The third kappa shape index (κ3) is 3.72. The van der Waals surface area contributed by atoms with Gasteiger partial charge in [0.25, 0.3) is 0 Å². The SMILES string of the molecule is C[C@H]1CC[C@H](Cn2cnc3nc(-c4noc(=O)[nH]4)nc(-c4cccc(C#N)c4)c32)CC1. The van der Waals surface area contributed by atoms with Gasteiger partial charge < -0.3 is 4.57 Å². The Morgan fingerprint density at radius 1 is 1.26 bits per heavy atom. The van der Waals surface area contributed by atoms with Crippen molar-refractivity contribution in [2.24, 2.45) is 11.8 Å². The molecule has 3 heterocycles. The monoisotopic (exact) mass is 415 g/mol. The van der Waals surface area contributed by atoms with Crippen LogP contribution in [-0.2, 0) is 6.54 Å². The summed E-state index contributed by atoms with van der Waals surface area (Å²) in [5.41, 5.74) is 3.27. The number of nitrogens with zero attached hydrogens (tertiary/aromatic N) is 6. The van der Waals surface area contributed by atoms with Gasteiger partial charge >= 0.3 is 5.76 Å². The van der Waals surface area contributed by atoms with Crippen LogP contribution in [0.1, 0.15) is 38.2 Å². The third-order valence-electron chi connectivity index (χ3n) is 5.98. The fourth-order valence-electron chi connectivity index (χ4n) is 4.28. The zero-order chi connectivity index (χ0) is 21.4. The maximum Gasteiger partial charge on any atom is 0.439 e. The van der Waals surface area contributed by atoms with Crippen LogP contribution in [0.2, 0.25) is 0 Å². The number of hydrogen-bond acceptors (Lipinski definition) is 7. The first kappa shape index (κ1) is 19.2. The highest BCUT2D eigenvalue weighted by Gasteiger charge is 2.22. The third-order valence-corrected chi connectivity index (χ3v) is 5.98. The molecule has 9 heteroatoms. The van der Waals surface area contributed by atoms with Gasteiger partial charge in [0.2, 0.25) is 11.6 Å². The highest BCUT2D eigenvalue weighted by Crippen LogP contribution is 2.32. The van der Waals surface area contributed by atoms with Gasteiger partial charge in [0, 0.05) is 12.1 Å². The van der Waals surface area contributed by atoms with Gasteiger partial charge in [-0.25, -0.2) is 19.7 Å². The fraction of sp³-hybridized carbons (Fsp3) is 0.364. The predicted molar refractivity (Wildman–Crippen MR) is 113 cm³/mol. The second kappa shape index (κ2) is 7.80. The van der Waals surface area contributed by atoms with E-state index >= 15 is 0 Å². The maximum absolute atomic E-state index is 11.4. The van der Waals surface area contributed by atoms with Crippen molar-refractivity contribution in [3.8, 4) is 29.0 Å². The number of H-pyrrole nitrogens is 1. The van der Waals surface area contributed by atoms with Gasteiger partial charge in [-0.05, 0) is 36.8 Å². The zero-order valence-corrected chi connectivity index (χ0v) is 17.1. The van der Waals surface area contributed by atoms with Crippen molar-refractivity contribution in [1.29, 1.82) is 5.26 Å². The summed E-state index contributed by atoms with van der Waals surface area (Å²) in [5, 5.41) is 13.1. The van der Waals surface area contributed by atoms with Crippen LogP contribution >= 0.6 is 0 Å². The lowest BCUT2D eigenvalue weighted by Crippen LogP contribution is -2.17. The maximum atomic E-state index is 11.4. The summed E-state index contributed by atoms with van der Waals surface area (Å²) < 4.78 is 6.73. The predicted octanol–water partition coefficient (Wildman–Crippen LogP) is 3.53. The molecule has 9 nitrogen and oxygen atoms in total. The lowest BCUT2D eigenvalue weighted by molar-refractivity contribution is 0.266. The highest BCUT2D eigenvalue weighted by molar-refractivity contribution is 5.89. The summed E-state index contributed by atoms with van der Waals surface area (Å²) in [7, 11) is 0. The van der Waals surface area contributed by atoms with Crippen LogP contribution in [-0.4, -0.2) is 29.7 Å². The Bertz CT molecular complexity index is 1340. The van der Waals surface area contributed by atoms with E-state index in [1.165, 1.54) is 25.7 Å². The lowest BCUT2D eigenvalue weighted by Gasteiger charge is -2.26. The van der Waals surface area contributed by atoms with Crippen molar-refractivity contribution in [3.05, 3.63) is 46.7 Å². The van der Waals surface area contributed by atoms with Crippen LogP contribution in [0.25, 0.3) is 34.1 Å². The Kier molecular flexibility index (Phi) is 4.82. The number of hydrogen-bond donors (Lipinski definition) is 1. The van der Waals surface area contributed by atoms with E-state index in [2.05, 4.69) is 42.2 Å². The highest BCUT2D eigenvalue weighted by atomic mass is 16.5. The number of fused-ring (bicyclic) bond motifs is 1. The number of benzene rings is 1. The van der Waals surface area contributed by atoms with E-state index in [0.29, 0.717) is 22.8 Å². The molecule has 0 aliphatic heterocycles. The van der Waals surface area contributed by atoms with Crippen molar-refractivity contribution in [2.75, 3.05) is 0 Å². The van der Waals surface area contributed by atoms with Crippen LogP contribution < -0.4 is 5.76 Å². The Morgan fingerprint density at radius 3 is 2.84 bits per heavy atom. The first-order valence-electron chi connectivity index (χ1n) is 10.4. The molecule has 1 saturated carbocycles. The number of nitriles is 1. The average molecular weight is 415 g/mol. The molecule has 0 unspecified atom stereocenters. The molecular formula is C22H21N7O2. The molecule has 0 radical (unpaired) electrons. The summed E-state index contributed by atoms with van der Waals surface area (Å²) in [4.78, 5) is 27.6. The Hall–Kier alpha value is -3.80. The minimum Gasteiger partial charge on any atom is -0.327 e. The number of rotatable bonds is 4. The second-order valence-electron chi connectivity index (χ2n) is 8.23. The van der Waals surface area contributed by atoms with Gasteiger partial charge in [0.1, 0.15) is 11.2 Å². The van der Waals surface area contributed by atoms with E-state index in [0.717, 1.165) is 23.5 Å². The van der Waals surface area contributed by atoms with E-state index in [1.54, 1.807) is 18.5 Å². The standard InChI is InChI=1S/C22H21N7O2/c1-13-5-7-14(8-6-13)11-29-12-24-19-18(29)17(16-4-2-3-15(9-16)10-23)25-20(26-19)21-27-22(30)31-28-21/h2-4,9,12-14H,5-8,11H2,1H3,(H,27,28,30)/t13-,14-. The van der Waals surface area contributed by atoms with E-state index in [4.69, 9.17) is 4.98 Å². The molecule has 31 heavy (non-hydrogen) atoms. The molecule has 0 spiro atoms. The van der Waals surface area contributed by atoms with Gasteiger partial charge in [-0.1, -0.05) is 37.1 Å². The molecule has 1 fully saturated rings. The van der Waals surface area contributed by atoms with Gasteiger partial charge in [-0.3, -0.25) is 9.51 Å². The molecule has 156 valence electrons. The summed E-state index contributed by atoms with van der Waals surface area (Å²) in [5.74, 6) is 1.05. The first-order chi connectivity index (χ1) is 15.1. The van der Waals surface area contributed by atoms with Crippen LogP contribution in [0.15, 0.2) is 39.9 Å². The lowest BCUT2D eigenvalue weighted by atomic mass is 9.83. The van der Waals surface area contributed by atoms with Gasteiger partial charge in [0.05, 0.1) is 18.0 Å². The van der Waals surface area contributed by atoms with Crippen LogP contribution in [0.3, 0.4) is 0 Å². The largest absolute Gasteiger partial charge is 0.439 e. The van der Waals surface area contributed by atoms with Crippen molar-refractivity contribution in [2.45, 2.75) is 39.2 Å². The molecule has 5 rings (SSSR count). The van der Waals surface area contributed by atoms with E-state index in [-0.39, 0.29) is 11.6 Å². The van der Waals surface area contributed by atoms with Crippen molar-refractivity contribution in [1.82, 2.24) is 29.7 Å². The molecule has 3 aromatic heterocycles. The van der Waals surface area contributed by atoms with E-state index in [9.17, 15) is 10.1 Å². The normalized spacial score (nSPS) is 18.8.